The molecule has 0 spiro atoms. The standard InChI is InChI=1S/C15H26N2/c1-6-17(13(4)5)15-10-8-7-9-14(15)11-16-12(2)3/h7-10,12-13,16H,6,11H2,1-5H3. The average Bonchev–Trinajstić information content (AvgIpc) is 2.28. The zero-order valence-corrected chi connectivity index (χ0v) is 11.8. The highest BCUT2D eigenvalue weighted by Gasteiger charge is 2.11. The summed E-state index contributed by atoms with van der Waals surface area (Å²) in [5.74, 6) is 0. The summed E-state index contributed by atoms with van der Waals surface area (Å²) in [5, 5.41) is 3.49. The van der Waals surface area contributed by atoms with Gasteiger partial charge in [-0.05, 0) is 32.4 Å². The van der Waals surface area contributed by atoms with Crippen LogP contribution in [0.4, 0.5) is 5.69 Å². The summed E-state index contributed by atoms with van der Waals surface area (Å²) in [6.07, 6.45) is 0. The van der Waals surface area contributed by atoms with Crippen LogP contribution in [0.15, 0.2) is 24.3 Å². The van der Waals surface area contributed by atoms with E-state index in [1.54, 1.807) is 0 Å². The van der Waals surface area contributed by atoms with E-state index in [9.17, 15) is 0 Å². The summed E-state index contributed by atoms with van der Waals surface area (Å²) >= 11 is 0. The van der Waals surface area contributed by atoms with Crippen molar-refractivity contribution < 1.29 is 0 Å². The predicted octanol–water partition coefficient (Wildman–Crippen LogP) is 3.42. The molecule has 2 nitrogen and oxygen atoms in total. The van der Waals surface area contributed by atoms with Gasteiger partial charge < -0.3 is 10.2 Å². The summed E-state index contributed by atoms with van der Waals surface area (Å²) in [5.41, 5.74) is 2.75. The van der Waals surface area contributed by atoms with Crippen LogP contribution in [0.1, 0.15) is 40.2 Å². The van der Waals surface area contributed by atoms with Gasteiger partial charge in [0.1, 0.15) is 0 Å². The second kappa shape index (κ2) is 6.65. The molecule has 0 heterocycles. The highest BCUT2D eigenvalue weighted by Crippen LogP contribution is 2.22. The van der Waals surface area contributed by atoms with Crippen molar-refractivity contribution >= 4 is 5.69 Å². The molecular formula is C15H26N2. The summed E-state index contributed by atoms with van der Waals surface area (Å²) in [7, 11) is 0. The first kappa shape index (κ1) is 14.0. The molecule has 1 rings (SSSR count). The first-order chi connectivity index (χ1) is 8.06. The van der Waals surface area contributed by atoms with Gasteiger partial charge in [0.2, 0.25) is 0 Å². The van der Waals surface area contributed by atoms with Crippen molar-refractivity contribution in [1.82, 2.24) is 5.32 Å². The fourth-order valence-electron chi connectivity index (χ4n) is 2.07. The molecule has 17 heavy (non-hydrogen) atoms. The van der Waals surface area contributed by atoms with Gasteiger partial charge in [-0.2, -0.15) is 0 Å². The van der Waals surface area contributed by atoms with Crippen molar-refractivity contribution in [3.8, 4) is 0 Å². The number of rotatable bonds is 6. The Bertz CT molecular complexity index is 331. The molecule has 2 heteroatoms. The van der Waals surface area contributed by atoms with Crippen LogP contribution in [0.2, 0.25) is 0 Å². The third kappa shape index (κ3) is 4.04. The maximum absolute atomic E-state index is 3.49. The largest absolute Gasteiger partial charge is 0.369 e. The molecule has 0 bridgehead atoms. The van der Waals surface area contributed by atoms with Crippen molar-refractivity contribution in [3.63, 3.8) is 0 Å². The van der Waals surface area contributed by atoms with Gasteiger partial charge >= 0.3 is 0 Å². The Hall–Kier alpha value is -1.02. The normalized spacial score (nSPS) is 11.2. The van der Waals surface area contributed by atoms with E-state index in [1.807, 2.05) is 0 Å². The van der Waals surface area contributed by atoms with E-state index in [0.29, 0.717) is 12.1 Å². The Morgan fingerprint density at radius 3 is 2.29 bits per heavy atom. The maximum Gasteiger partial charge on any atom is 0.0414 e. The Balaban J connectivity index is 2.89. The molecule has 0 saturated heterocycles. The second-order valence-electron chi connectivity index (χ2n) is 5.04. The Morgan fingerprint density at radius 1 is 1.12 bits per heavy atom. The van der Waals surface area contributed by atoms with E-state index in [4.69, 9.17) is 0 Å². The Labute approximate surface area is 106 Å². The quantitative estimate of drug-likeness (QED) is 0.811. The lowest BCUT2D eigenvalue weighted by Crippen LogP contribution is -2.32. The highest BCUT2D eigenvalue weighted by atomic mass is 15.1. The summed E-state index contributed by atoms with van der Waals surface area (Å²) < 4.78 is 0. The lowest BCUT2D eigenvalue weighted by Gasteiger charge is -2.30. The van der Waals surface area contributed by atoms with Gasteiger partial charge in [-0.15, -0.1) is 0 Å². The number of hydrogen-bond donors (Lipinski definition) is 1. The molecule has 0 aliphatic carbocycles. The van der Waals surface area contributed by atoms with Gasteiger partial charge in [0.05, 0.1) is 0 Å². The van der Waals surface area contributed by atoms with Crippen LogP contribution in [0.25, 0.3) is 0 Å². The molecule has 1 N–H and O–H groups in total. The fraction of sp³-hybridized carbons (Fsp3) is 0.600. The summed E-state index contributed by atoms with van der Waals surface area (Å²) in [6, 6.07) is 9.75. The molecular weight excluding hydrogens is 208 g/mol. The van der Waals surface area contributed by atoms with Gasteiger partial charge in [-0.3, -0.25) is 0 Å². The van der Waals surface area contributed by atoms with E-state index in [-0.39, 0.29) is 0 Å². The fourth-order valence-corrected chi connectivity index (χ4v) is 2.07. The van der Waals surface area contributed by atoms with E-state index >= 15 is 0 Å². The molecule has 0 fully saturated rings. The molecule has 0 atom stereocenters. The second-order valence-corrected chi connectivity index (χ2v) is 5.04. The van der Waals surface area contributed by atoms with Crippen molar-refractivity contribution in [2.45, 2.75) is 53.2 Å². The van der Waals surface area contributed by atoms with E-state index in [2.05, 4.69) is 69.1 Å². The Morgan fingerprint density at radius 2 is 1.76 bits per heavy atom. The summed E-state index contributed by atoms with van der Waals surface area (Å²) in [6.45, 7) is 13.1. The van der Waals surface area contributed by atoms with E-state index in [1.165, 1.54) is 11.3 Å². The number of benzene rings is 1. The molecule has 1 aromatic rings. The van der Waals surface area contributed by atoms with Gasteiger partial charge in [-0.25, -0.2) is 0 Å². The molecule has 0 radical (unpaired) electrons. The molecule has 1 aromatic carbocycles. The van der Waals surface area contributed by atoms with Gasteiger partial charge in [0, 0.05) is 30.9 Å². The molecule has 0 aliphatic rings. The predicted molar refractivity (Wildman–Crippen MR) is 76.6 cm³/mol. The minimum atomic E-state index is 0.525. The van der Waals surface area contributed by atoms with Crippen LogP contribution in [0, 0.1) is 0 Å². The third-order valence-corrected chi connectivity index (χ3v) is 2.97. The minimum Gasteiger partial charge on any atom is -0.369 e. The van der Waals surface area contributed by atoms with Gasteiger partial charge in [-0.1, -0.05) is 32.0 Å². The summed E-state index contributed by atoms with van der Waals surface area (Å²) in [4.78, 5) is 2.44. The topological polar surface area (TPSA) is 15.3 Å². The molecule has 0 amide bonds. The van der Waals surface area contributed by atoms with Gasteiger partial charge in [0.15, 0.2) is 0 Å². The van der Waals surface area contributed by atoms with E-state index in [0.717, 1.165) is 13.1 Å². The smallest absolute Gasteiger partial charge is 0.0414 e. The number of nitrogens with one attached hydrogen (secondary N) is 1. The first-order valence-corrected chi connectivity index (χ1v) is 6.64. The van der Waals surface area contributed by atoms with Crippen LogP contribution in [0.5, 0.6) is 0 Å². The van der Waals surface area contributed by atoms with E-state index < -0.39 is 0 Å². The van der Waals surface area contributed by atoms with Crippen molar-refractivity contribution in [2.75, 3.05) is 11.4 Å². The van der Waals surface area contributed by atoms with Crippen LogP contribution < -0.4 is 10.2 Å². The molecule has 96 valence electrons. The molecule has 0 aromatic heterocycles. The van der Waals surface area contributed by atoms with Crippen LogP contribution in [-0.4, -0.2) is 18.6 Å². The monoisotopic (exact) mass is 234 g/mol. The van der Waals surface area contributed by atoms with Crippen molar-refractivity contribution in [3.05, 3.63) is 29.8 Å². The lowest BCUT2D eigenvalue weighted by atomic mass is 10.1. The van der Waals surface area contributed by atoms with Crippen LogP contribution in [-0.2, 0) is 6.54 Å². The number of hydrogen-bond acceptors (Lipinski definition) is 2. The number of nitrogens with zero attached hydrogens (tertiary/aromatic N) is 1. The zero-order valence-electron chi connectivity index (χ0n) is 11.8. The average molecular weight is 234 g/mol. The molecule has 0 unspecified atom stereocenters. The zero-order chi connectivity index (χ0) is 12.8. The van der Waals surface area contributed by atoms with Crippen molar-refractivity contribution in [2.24, 2.45) is 0 Å². The number of anilines is 1. The van der Waals surface area contributed by atoms with Crippen LogP contribution in [0.3, 0.4) is 0 Å². The first-order valence-electron chi connectivity index (χ1n) is 6.64. The van der Waals surface area contributed by atoms with Gasteiger partial charge in [0.25, 0.3) is 0 Å². The Kier molecular flexibility index (Phi) is 5.49. The number of para-hydroxylation sites is 1. The molecule has 0 aliphatic heterocycles. The highest BCUT2D eigenvalue weighted by molar-refractivity contribution is 5.54. The lowest BCUT2D eigenvalue weighted by molar-refractivity contribution is 0.586. The SMILES string of the molecule is CCN(c1ccccc1CNC(C)C)C(C)C. The maximum atomic E-state index is 3.49. The minimum absolute atomic E-state index is 0.525. The van der Waals surface area contributed by atoms with Crippen molar-refractivity contribution in [1.29, 1.82) is 0 Å². The third-order valence-electron chi connectivity index (χ3n) is 2.97. The van der Waals surface area contributed by atoms with Crippen LogP contribution >= 0.6 is 0 Å². The molecule has 0 saturated carbocycles.